The Hall–Kier alpha value is -3.91. The van der Waals surface area contributed by atoms with Crippen molar-refractivity contribution in [2.45, 2.75) is 0 Å². The molecule has 174 valence electrons. The van der Waals surface area contributed by atoms with Crippen molar-refractivity contribution < 1.29 is 14.3 Å². The minimum absolute atomic E-state index is 0.0351. The topological polar surface area (TPSA) is 73.9 Å². The lowest BCUT2D eigenvalue weighted by molar-refractivity contribution is 0.0746. The van der Waals surface area contributed by atoms with Crippen molar-refractivity contribution in [3.8, 4) is 5.75 Å². The summed E-state index contributed by atoms with van der Waals surface area (Å²) in [5.41, 5.74) is 3.07. The van der Waals surface area contributed by atoms with Gasteiger partial charge in [-0.25, -0.2) is 0 Å². The highest BCUT2D eigenvalue weighted by atomic mass is 32.1. The van der Waals surface area contributed by atoms with Crippen molar-refractivity contribution in [3.63, 3.8) is 0 Å². The number of thiocarbonyl (C=S) groups is 1. The second-order valence-electron chi connectivity index (χ2n) is 7.83. The van der Waals surface area contributed by atoms with Crippen molar-refractivity contribution in [3.05, 3.63) is 90.0 Å². The predicted octanol–water partition coefficient (Wildman–Crippen LogP) is 3.78. The molecule has 1 saturated heterocycles. The van der Waals surface area contributed by atoms with Crippen molar-refractivity contribution in [1.82, 2.24) is 10.2 Å². The van der Waals surface area contributed by atoms with Crippen molar-refractivity contribution in [1.29, 1.82) is 0 Å². The number of amides is 2. The molecule has 1 aliphatic rings. The van der Waals surface area contributed by atoms with Gasteiger partial charge in [0.15, 0.2) is 5.11 Å². The fourth-order valence-electron chi connectivity index (χ4n) is 3.77. The molecule has 0 bridgehead atoms. The quantitative estimate of drug-likeness (QED) is 0.549. The number of hydrogen-bond acceptors (Lipinski definition) is 5. The number of carbonyl (C=O) groups excluding carboxylic acids is 2. The number of ether oxygens (including phenoxy) is 1. The Morgan fingerprint density at radius 3 is 2.09 bits per heavy atom. The number of anilines is 2. The molecule has 1 aliphatic heterocycles. The summed E-state index contributed by atoms with van der Waals surface area (Å²) in [7, 11) is 1.61. The average Bonchev–Trinajstić information content (AvgIpc) is 2.89. The number of methoxy groups -OCH3 is 1. The van der Waals surface area contributed by atoms with Crippen molar-refractivity contribution in [2.24, 2.45) is 0 Å². The summed E-state index contributed by atoms with van der Waals surface area (Å²) in [5.74, 6) is 0.517. The van der Waals surface area contributed by atoms with Gasteiger partial charge in [-0.3, -0.25) is 14.9 Å². The minimum Gasteiger partial charge on any atom is -0.497 e. The molecule has 0 spiro atoms. The first-order chi connectivity index (χ1) is 16.5. The molecule has 0 aromatic heterocycles. The highest BCUT2D eigenvalue weighted by Crippen LogP contribution is 2.21. The van der Waals surface area contributed by atoms with Gasteiger partial charge in [0.25, 0.3) is 11.8 Å². The molecule has 1 heterocycles. The van der Waals surface area contributed by atoms with E-state index in [4.69, 9.17) is 17.0 Å². The Balaban J connectivity index is 1.27. The first kappa shape index (κ1) is 23.3. The van der Waals surface area contributed by atoms with Crippen LogP contribution in [0.1, 0.15) is 20.7 Å². The summed E-state index contributed by atoms with van der Waals surface area (Å²) >= 11 is 5.26. The lowest BCUT2D eigenvalue weighted by Crippen LogP contribution is -2.48. The van der Waals surface area contributed by atoms with Crippen LogP contribution in [0.3, 0.4) is 0 Å². The van der Waals surface area contributed by atoms with Crippen LogP contribution < -0.4 is 20.3 Å². The largest absolute Gasteiger partial charge is 0.497 e. The summed E-state index contributed by atoms with van der Waals surface area (Å²) in [6.45, 7) is 2.81. The van der Waals surface area contributed by atoms with Gasteiger partial charge < -0.3 is 19.9 Å². The molecular formula is C26H26N4O3S. The summed E-state index contributed by atoms with van der Waals surface area (Å²) in [6.07, 6.45) is 0. The van der Waals surface area contributed by atoms with Gasteiger partial charge in [0.1, 0.15) is 5.75 Å². The Kier molecular flexibility index (Phi) is 7.39. The third kappa shape index (κ3) is 5.71. The average molecular weight is 475 g/mol. The normalized spacial score (nSPS) is 13.2. The third-order valence-electron chi connectivity index (χ3n) is 5.66. The standard InChI is InChI=1S/C26H26N4O3S/c1-33-23-13-7-20(8-14-23)25(32)30-17-15-29(16-18-30)22-11-9-21(10-12-22)27-26(34)28-24(31)19-5-3-2-4-6-19/h2-14H,15-18H2,1H3,(H2,27,28,31,34). The summed E-state index contributed by atoms with van der Waals surface area (Å²) in [5, 5.41) is 5.97. The molecule has 0 radical (unpaired) electrons. The molecule has 2 N–H and O–H groups in total. The zero-order chi connectivity index (χ0) is 23.9. The van der Waals surface area contributed by atoms with Crippen LogP contribution in [0.25, 0.3) is 0 Å². The molecule has 3 aromatic carbocycles. The molecule has 0 unspecified atom stereocenters. The zero-order valence-electron chi connectivity index (χ0n) is 18.9. The van der Waals surface area contributed by atoms with Gasteiger partial charge in [-0.2, -0.15) is 0 Å². The van der Waals surface area contributed by atoms with Crippen LogP contribution in [0.5, 0.6) is 5.75 Å². The third-order valence-corrected chi connectivity index (χ3v) is 5.86. The van der Waals surface area contributed by atoms with E-state index < -0.39 is 0 Å². The van der Waals surface area contributed by atoms with Crippen LogP contribution in [-0.2, 0) is 0 Å². The lowest BCUT2D eigenvalue weighted by Gasteiger charge is -2.36. The van der Waals surface area contributed by atoms with E-state index in [2.05, 4.69) is 15.5 Å². The number of piperazine rings is 1. The lowest BCUT2D eigenvalue weighted by atomic mass is 10.1. The van der Waals surface area contributed by atoms with Crippen LogP contribution in [0.4, 0.5) is 11.4 Å². The van der Waals surface area contributed by atoms with Crippen LogP contribution in [0.15, 0.2) is 78.9 Å². The molecule has 2 amide bonds. The van der Waals surface area contributed by atoms with Crippen molar-refractivity contribution in [2.75, 3.05) is 43.5 Å². The number of benzene rings is 3. The van der Waals surface area contributed by atoms with Crippen molar-refractivity contribution >= 4 is 40.5 Å². The smallest absolute Gasteiger partial charge is 0.257 e. The van der Waals surface area contributed by atoms with E-state index in [1.54, 1.807) is 55.6 Å². The fourth-order valence-corrected chi connectivity index (χ4v) is 3.98. The van der Waals surface area contributed by atoms with E-state index in [0.717, 1.165) is 30.2 Å². The van der Waals surface area contributed by atoms with E-state index in [1.165, 1.54) is 0 Å². The molecular weight excluding hydrogens is 448 g/mol. The molecule has 3 aromatic rings. The molecule has 1 fully saturated rings. The zero-order valence-corrected chi connectivity index (χ0v) is 19.7. The van der Waals surface area contributed by atoms with E-state index >= 15 is 0 Å². The molecule has 7 nitrogen and oxygen atoms in total. The van der Waals surface area contributed by atoms with Gasteiger partial charge >= 0.3 is 0 Å². The van der Waals surface area contributed by atoms with Crippen LogP contribution >= 0.6 is 12.2 Å². The summed E-state index contributed by atoms with van der Waals surface area (Å²) in [4.78, 5) is 29.1. The Bertz CT molecular complexity index is 1140. The fraction of sp³-hybridized carbons (Fsp3) is 0.192. The summed E-state index contributed by atoms with van der Waals surface area (Å²) in [6, 6.07) is 24.0. The molecule has 0 saturated carbocycles. The van der Waals surface area contributed by atoms with E-state index in [9.17, 15) is 9.59 Å². The predicted molar refractivity (Wildman–Crippen MR) is 138 cm³/mol. The number of hydrogen-bond donors (Lipinski definition) is 2. The first-order valence-electron chi connectivity index (χ1n) is 11.0. The minimum atomic E-state index is -0.253. The second-order valence-corrected chi connectivity index (χ2v) is 8.24. The van der Waals surface area contributed by atoms with Gasteiger partial charge in [0.05, 0.1) is 7.11 Å². The second kappa shape index (κ2) is 10.8. The van der Waals surface area contributed by atoms with Crippen LogP contribution in [0, 0.1) is 0 Å². The molecule has 0 atom stereocenters. The van der Waals surface area contributed by atoms with E-state index in [0.29, 0.717) is 24.2 Å². The maximum Gasteiger partial charge on any atom is 0.257 e. The van der Waals surface area contributed by atoms with E-state index in [-0.39, 0.29) is 16.9 Å². The van der Waals surface area contributed by atoms with E-state index in [1.807, 2.05) is 35.2 Å². The maximum atomic E-state index is 12.8. The maximum absolute atomic E-state index is 12.8. The molecule has 34 heavy (non-hydrogen) atoms. The Morgan fingerprint density at radius 2 is 1.47 bits per heavy atom. The number of nitrogens with zero attached hydrogens (tertiary/aromatic N) is 2. The number of carbonyl (C=O) groups is 2. The van der Waals surface area contributed by atoms with Crippen LogP contribution in [0.2, 0.25) is 0 Å². The number of nitrogens with one attached hydrogen (secondary N) is 2. The van der Waals surface area contributed by atoms with Crippen LogP contribution in [-0.4, -0.2) is 55.1 Å². The molecule has 4 rings (SSSR count). The monoisotopic (exact) mass is 474 g/mol. The van der Waals surface area contributed by atoms with Gasteiger partial charge in [-0.1, -0.05) is 18.2 Å². The molecule has 8 heteroatoms. The van der Waals surface area contributed by atoms with Gasteiger partial charge in [0.2, 0.25) is 0 Å². The molecule has 0 aliphatic carbocycles. The Morgan fingerprint density at radius 1 is 0.824 bits per heavy atom. The highest BCUT2D eigenvalue weighted by molar-refractivity contribution is 7.80. The van der Waals surface area contributed by atoms with Gasteiger partial charge in [-0.15, -0.1) is 0 Å². The Labute approximate surface area is 204 Å². The van der Waals surface area contributed by atoms with Gasteiger partial charge in [0, 0.05) is 48.7 Å². The SMILES string of the molecule is COc1ccc(C(=O)N2CCN(c3ccc(NC(=S)NC(=O)c4ccccc4)cc3)CC2)cc1. The summed E-state index contributed by atoms with van der Waals surface area (Å²) < 4.78 is 5.16. The van der Waals surface area contributed by atoms with Gasteiger partial charge in [-0.05, 0) is 72.9 Å². The first-order valence-corrected chi connectivity index (χ1v) is 11.4. The highest BCUT2D eigenvalue weighted by Gasteiger charge is 2.22. The number of rotatable bonds is 5.